The molecule has 8 heteroatoms. The summed E-state index contributed by atoms with van der Waals surface area (Å²) >= 11 is 1.51. The van der Waals surface area contributed by atoms with Crippen LogP contribution in [0.25, 0.3) is 16.2 Å². The predicted molar refractivity (Wildman–Crippen MR) is 123 cm³/mol. The van der Waals surface area contributed by atoms with Gasteiger partial charge in [0.25, 0.3) is 5.91 Å². The second kappa shape index (κ2) is 9.40. The van der Waals surface area contributed by atoms with Crippen LogP contribution in [0, 0.1) is 12.7 Å². The van der Waals surface area contributed by atoms with E-state index in [1.165, 1.54) is 23.5 Å². The maximum Gasteiger partial charge on any atom is 0.261 e. The fraction of sp³-hybridized carbons (Fsp3) is 0.250. The molecule has 4 aromatic rings. The molecule has 2 heterocycles. The molecule has 166 valence electrons. The van der Waals surface area contributed by atoms with Gasteiger partial charge in [-0.25, -0.2) is 9.37 Å². The minimum absolute atomic E-state index is 0.198. The molecule has 1 atom stereocenters. The number of nitrogens with zero attached hydrogens (tertiary/aromatic N) is 2. The predicted octanol–water partition coefficient (Wildman–Crippen LogP) is 4.99. The number of halogens is 1. The van der Waals surface area contributed by atoms with Gasteiger partial charge in [0, 0.05) is 22.3 Å². The average Bonchev–Trinajstić information content (AvgIpc) is 3.33. The van der Waals surface area contributed by atoms with Gasteiger partial charge in [-0.05, 0) is 69.3 Å². The summed E-state index contributed by atoms with van der Waals surface area (Å²) in [6, 6.07) is 13.5. The number of amides is 1. The number of benzene rings is 2. The molecule has 32 heavy (non-hydrogen) atoms. The molecule has 0 aliphatic heterocycles. The molecule has 0 aliphatic rings. The van der Waals surface area contributed by atoms with Crippen LogP contribution in [0.15, 0.2) is 54.7 Å². The van der Waals surface area contributed by atoms with E-state index >= 15 is 0 Å². The van der Waals surface area contributed by atoms with Crippen molar-refractivity contribution in [2.24, 2.45) is 0 Å². The lowest BCUT2D eigenvalue weighted by atomic mass is 10.2. The minimum atomic E-state index is -0.637. The van der Waals surface area contributed by atoms with Crippen molar-refractivity contribution in [2.45, 2.75) is 33.4 Å². The summed E-state index contributed by atoms with van der Waals surface area (Å²) < 4.78 is 26.3. The lowest BCUT2D eigenvalue weighted by molar-refractivity contribution is -0.127. The zero-order valence-corrected chi connectivity index (χ0v) is 18.9. The number of hydrogen-bond donors (Lipinski definition) is 1. The Kier molecular flexibility index (Phi) is 6.41. The van der Waals surface area contributed by atoms with Crippen LogP contribution in [-0.2, 0) is 11.3 Å². The second-order valence-electron chi connectivity index (χ2n) is 7.28. The molecule has 2 aromatic heterocycles. The van der Waals surface area contributed by atoms with E-state index in [0.717, 1.165) is 32.5 Å². The van der Waals surface area contributed by atoms with Crippen molar-refractivity contribution in [1.82, 2.24) is 14.7 Å². The Labute approximate surface area is 189 Å². The molecule has 0 fully saturated rings. The van der Waals surface area contributed by atoms with Gasteiger partial charge in [0.1, 0.15) is 17.3 Å². The number of imidazole rings is 1. The zero-order chi connectivity index (χ0) is 22.7. The molecular formula is C24H24FN3O3S. The van der Waals surface area contributed by atoms with E-state index in [4.69, 9.17) is 9.47 Å². The highest BCUT2D eigenvalue weighted by atomic mass is 32.1. The van der Waals surface area contributed by atoms with Crippen molar-refractivity contribution in [3.63, 3.8) is 0 Å². The Bertz CT molecular complexity index is 1220. The molecule has 0 bridgehead atoms. The second-order valence-corrected chi connectivity index (χ2v) is 8.34. The summed E-state index contributed by atoms with van der Waals surface area (Å²) in [7, 11) is 0. The van der Waals surface area contributed by atoms with Crippen molar-refractivity contribution in [2.75, 3.05) is 6.61 Å². The van der Waals surface area contributed by atoms with Crippen LogP contribution in [0.2, 0.25) is 0 Å². The van der Waals surface area contributed by atoms with E-state index in [1.807, 2.05) is 36.6 Å². The first-order valence-electron chi connectivity index (χ1n) is 10.3. The van der Waals surface area contributed by atoms with Gasteiger partial charge in [-0.15, -0.1) is 0 Å². The number of thiazole rings is 1. The van der Waals surface area contributed by atoms with Crippen LogP contribution in [0.3, 0.4) is 0 Å². The molecule has 6 nitrogen and oxygen atoms in total. The third-order valence-electron chi connectivity index (χ3n) is 5.03. The highest BCUT2D eigenvalue weighted by molar-refractivity contribution is 7.17. The number of aryl methyl sites for hydroxylation is 1. The lowest BCUT2D eigenvalue weighted by Gasteiger charge is -2.15. The molecule has 0 aliphatic carbocycles. The topological polar surface area (TPSA) is 64.9 Å². The van der Waals surface area contributed by atoms with Gasteiger partial charge in [0.15, 0.2) is 11.1 Å². The molecule has 0 radical (unpaired) electrons. The SMILES string of the molecule is CCOc1ccc(OC(C)C(=O)NCc2sc3nc(-c4ccc(F)cc4)cn3c2C)cc1. The van der Waals surface area contributed by atoms with Crippen molar-refractivity contribution >= 4 is 22.2 Å². The van der Waals surface area contributed by atoms with Crippen LogP contribution < -0.4 is 14.8 Å². The lowest BCUT2D eigenvalue weighted by Crippen LogP contribution is -2.35. The average molecular weight is 454 g/mol. The fourth-order valence-electron chi connectivity index (χ4n) is 3.27. The number of hydrogen-bond acceptors (Lipinski definition) is 5. The Balaban J connectivity index is 1.37. The van der Waals surface area contributed by atoms with E-state index in [1.54, 1.807) is 31.2 Å². The summed E-state index contributed by atoms with van der Waals surface area (Å²) in [5.74, 6) is 0.897. The molecule has 0 spiro atoms. The Hall–Kier alpha value is -3.39. The summed E-state index contributed by atoms with van der Waals surface area (Å²) in [5, 5.41) is 2.93. The van der Waals surface area contributed by atoms with Gasteiger partial charge in [-0.1, -0.05) is 11.3 Å². The normalized spacial score (nSPS) is 12.0. The van der Waals surface area contributed by atoms with Crippen LogP contribution in [0.5, 0.6) is 11.5 Å². The number of nitrogens with one attached hydrogen (secondary N) is 1. The van der Waals surface area contributed by atoms with Crippen molar-refractivity contribution in [3.05, 3.63) is 71.1 Å². The van der Waals surface area contributed by atoms with Crippen molar-refractivity contribution in [1.29, 1.82) is 0 Å². The van der Waals surface area contributed by atoms with Gasteiger partial charge >= 0.3 is 0 Å². The van der Waals surface area contributed by atoms with Crippen molar-refractivity contribution in [3.8, 4) is 22.8 Å². The van der Waals surface area contributed by atoms with Gasteiger partial charge in [0.05, 0.1) is 18.8 Å². The van der Waals surface area contributed by atoms with E-state index in [2.05, 4.69) is 10.3 Å². The highest BCUT2D eigenvalue weighted by Gasteiger charge is 2.17. The molecule has 0 saturated carbocycles. The number of rotatable bonds is 8. The zero-order valence-electron chi connectivity index (χ0n) is 18.1. The first-order valence-corrected chi connectivity index (χ1v) is 11.2. The number of aromatic nitrogens is 2. The monoisotopic (exact) mass is 453 g/mol. The summed E-state index contributed by atoms with van der Waals surface area (Å²) in [4.78, 5) is 19.0. The van der Waals surface area contributed by atoms with E-state index < -0.39 is 6.10 Å². The summed E-state index contributed by atoms with van der Waals surface area (Å²) in [6.45, 7) is 6.62. The molecule has 0 saturated heterocycles. The standard InChI is InChI=1S/C24H24FN3O3S/c1-4-30-19-9-11-20(12-10-19)31-16(3)23(29)26-13-22-15(2)28-14-21(27-24(28)32-22)17-5-7-18(25)8-6-17/h5-12,14,16H,4,13H2,1-3H3,(H,26,29). The van der Waals surface area contributed by atoms with Crippen molar-refractivity contribution < 1.29 is 18.7 Å². The van der Waals surface area contributed by atoms with E-state index in [-0.39, 0.29) is 11.7 Å². The highest BCUT2D eigenvalue weighted by Crippen LogP contribution is 2.27. The molecule has 1 unspecified atom stereocenters. The van der Waals surface area contributed by atoms with E-state index in [0.29, 0.717) is 18.9 Å². The third kappa shape index (κ3) is 4.75. The van der Waals surface area contributed by atoms with Gasteiger partial charge in [0.2, 0.25) is 0 Å². The van der Waals surface area contributed by atoms with Gasteiger partial charge in [-0.2, -0.15) is 0 Å². The number of carbonyl (C=O) groups excluding carboxylic acids is 1. The van der Waals surface area contributed by atoms with Crippen LogP contribution in [0.1, 0.15) is 24.4 Å². The Morgan fingerprint density at radius 3 is 2.50 bits per heavy atom. The van der Waals surface area contributed by atoms with Crippen LogP contribution in [-0.4, -0.2) is 28.0 Å². The van der Waals surface area contributed by atoms with Gasteiger partial charge < -0.3 is 14.8 Å². The Morgan fingerprint density at radius 1 is 1.16 bits per heavy atom. The third-order valence-corrected chi connectivity index (χ3v) is 6.19. The summed E-state index contributed by atoms with van der Waals surface area (Å²) in [6.07, 6.45) is 1.29. The smallest absolute Gasteiger partial charge is 0.261 e. The summed E-state index contributed by atoms with van der Waals surface area (Å²) in [5.41, 5.74) is 2.65. The molecular weight excluding hydrogens is 429 g/mol. The first kappa shape index (κ1) is 21.8. The molecule has 2 aromatic carbocycles. The quantitative estimate of drug-likeness (QED) is 0.408. The maximum absolute atomic E-state index is 13.2. The van der Waals surface area contributed by atoms with Gasteiger partial charge in [-0.3, -0.25) is 9.20 Å². The maximum atomic E-state index is 13.2. The number of ether oxygens (including phenoxy) is 2. The minimum Gasteiger partial charge on any atom is -0.494 e. The van der Waals surface area contributed by atoms with Crippen LogP contribution in [0.4, 0.5) is 4.39 Å². The first-order chi connectivity index (χ1) is 15.4. The Morgan fingerprint density at radius 2 is 1.84 bits per heavy atom. The van der Waals surface area contributed by atoms with E-state index in [9.17, 15) is 9.18 Å². The largest absolute Gasteiger partial charge is 0.494 e. The van der Waals surface area contributed by atoms with Crippen LogP contribution >= 0.6 is 11.3 Å². The molecule has 1 N–H and O–H groups in total. The molecule has 1 amide bonds. The molecule has 4 rings (SSSR count). The number of carbonyl (C=O) groups is 1. The fourth-order valence-corrected chi connectivity index (χ4v) is 4.31. The number of fused-ring (bicyclic) bond motifs is 1.